The summed E-state index contributed by atoms with van der Waals surface area (Å²) in [6.45, 7) is -0.623. The SMILES string of the molecule is COCCN(CC(=O)N(Cc1ccc(F)cc1)Cc1coc2ccccc2c1=O)S(=O)(=O)c1ccc(Br)cc1. The summed E-state index contributed by atoms with van der Waals surface area (Å²) in [5.74, 6) is -0.984. The average Bonchev–Trinajstić information content (AvgIpc) is 2.93. The first-order valence-electron chi connectivity index (χ1n) is 12.0. The molecule has 1 aromatic heterocycles. The predicted molar refractivity (Wildman–Crippen MR) is 148 cm³/mol. The number of ether oxygens (including phenoxy) is 1. The molecule has 0 radical (unpaired) electrons. The maximum Gasteiger partial charge on any atom is 0.243 e. The molecule has 0 saturated carbocycles. The van der Waals surface area contributed by atoms with Gasteiger partial charge in [0.15, 0.2) is 5.43 Å². The van der Waals surface area contributed by atoms with Crippen LogP contribution in [0.15, 0.2) is 97.6 Å². The van der Waals surface area contributed by atoms with Gasteiger partial charge >= 0.3 is 0 Å². The van der Waals surface area contributed by atoms with Crippen molar-refractivity contribution in [3.8, 4) is 0 Å². The minimum atomic E-state index is -4.05. The number of para-hydroxylation sites is 1. The molecule has 1 amide bonds. The molecule has 0 aliphatic rings. The van der Waals surface area contributed by atoms with Gasteiger partial charge in [0.2, 0.25) is 15.9 Å². The number of fused-ring (bicyclic) bond motifs is 1. The molecule has 1 heterocycles. The molecule has 4 rings (SSSR count). The Bertz CT molecular complexity index is 1610. The smallest absolute Gasteiger partial charge is 0.243 e. The molecule has 204 valence electrons. The molecular formula is C28H26BrFN2O6S. The van der Waals surface area contributed by atoms with Crippen LogP contribution in [-0.4, -0.2) is 50.3 Å². The summed E-state index contributed by atoms with van der Waals surface area (Å²) in [5.41, 5.74) is 0.943. The maximum atomic E-state index is 13.7. The van der Waals surface area contributed by atoms with Crippen molar-refractivity contribution in [3.05, 3.63) is 111 Å². The molecule has 0 atom stereocenters. The van der Waals surface area contributed by atoms with Crippen LogP contribution in [0.2, 0.25) is 0 Å². The average molecular weight is 617 g/mol. The molecule has 0 fully saturated rings. The Morgan fingerprint density at radius 1 is 1.00 bits per heavy atom. The van der Waals surface area contributed by atoms with Crippen LogP contribution in [0.4, 0.5) is 4.39 Å². The van der Waals surface area contributed by atoms with Gasteiger partial charge in [0.1, 0.15) is 11.4 Å². The van der Waals surface area contributed by atoms with Crippen LogP contribution in [0, 0.1) is 5.82 Å². The number of carbonyl (C=O) groups is 1. The number of hydrogen-bond acceptors (Lipinski definition) is 6. The number of rotatable bonds is 11. The van der Waals surface area contributed by atoms with Gasteiger partial charge in [-0.1, -0.05) is 40.2 Å². The Morgan fingerprint density at radius 2 is 1.69 bits per heavy atom. The van der Waals surface area contributed by atoms with E-state index in [0.717, 1.165) is 4.31 Å². The van der Waals surface area contributed by atoms with Gasteiger partial charge in [0.05, 0.1) is 41.8 Å². The highest BCUT2D eigenvalue weighted by atomic mass is 79.9. The second kappa shape index (κ2) is 12.6. The lowest BCUT2D eigenvalue weighted by Gasteiger charge is -2.27. The molecule has 4 aromatic rings. The molecule has 8 nitrogen and oxygen atoms in total. The van der Waals surface area contributed by atoms with Gasteiger partial charge in [-0.3, -0.25) is 9.59 Å². The van der Waals surface area contributed by atoms with Gasteiger partial charge in [-0.05, 0) is 54.1 Å². The predicted octanol–water partition coefficient (Wildman–Crippen LogP) is 4.56. The number of amides is 1. The fourth-order valence-electron chi connectivity index (χ4n) is 3.96. The van der Waals surface area contributed by atoms with Crippen molar-refractivity contribution in [2.45, 2.75) is 18.0 Å². The second-order valence-electron chi connectivity index (χ2n) is 8.75. The van der Waals surface area contributed by atoms with Gasteiger partial charge in [0, 0.05) is 24.7 Å². The number of nitrogens with zero attached hydrogens (tertiary/aromatic N) is 2. The maximum absolute atomic E-state index is 13.7. The van der Waals surface area contributed by atoms with Gasteiger partial charge < -0.3 is 14.1 Å². The summed E-state index contributed by atoms with van der Waals surface area (Å²) in [6, 6.07) is 18.4. The number of hydrogen-bond donors (Lipinski definition) is 0. The third-order valence-electron chi connectivity index (χ3n) is 6.06. The number of methoxy groups -OCH3 is 1. The van der Waals surface area contributed by atoms with Gasteiger partial charge in [-0.25, -0.2) is 12.8 Å². The molecule has 0 spiro atoms. The van der Waals surface area contributed by atoms with E-state index in [1.165, 1.54) is 54.7 Å². The van der Waals surface area contributed by atoms with E-state index in [1.807, 2.05) is 0 Å². The summed E-state index contributed by atoms with van der Waals surface area (Å²) in [4.78, 5) is 28.2. The zero-order chi connectivity index (χ0) is 28.0. The summed E-state index contributed by atoms with van der Waals surface area (Å²) < 4.78 is 52.9. The quantitative estimate of drug-likeness (QED) is 0.245. The van der Waals surface area contributed by atoms with E-state index in [2.05, 4.69) is 15.9 Å². The summed E-state index contributed by atoms with van der Waals surface area (Å²) in [7, 11) is -2.62. The van der Waals surface area contributed by atoms with Crippen molar-refractivity contribution in [2.75, 3.05) is 26.8 Å². The molecule has 0 saturated heterocycles. The van der Waals surface area contributed by atoms with Crippen LogP contribution < -0.4 is 5.43 Å². The zero-order valence-electron chi connectivity index (χ0n) is 21.0. The first-order chi connectivity index (χ1) is 18.7. The second-order valence-corrected chi connectivity index (χ2v) is 11.6. The van der Waals surface area contributed by atoms with Crippen LogP contribution in [0.1, 0.15) is 11.1 Å². The van der Waals surface area contributed by atoms with E-state index >= 15 is 0 Å². The van der Waals surface area contributed by atoms with E-state index in [9.17, 15) is 22.4 Å². The molecule has 0 N–H and O–H groups in total. The molecule has 0 aliphatic carbocycles. The van der Waals surface area contributed by atoms with Crippen molar-refractivity contribution in [3.63, 3.8) is 0 Å². The lowest BCUT2D eigenvalue weighted by molar-refractivity contribution is -0.132. The van der Waals surface area contributed by atoms with Gasteiger partial charge in [-0.15, -0.1) is 0 Å². The molecule has 0 aliphatic heterocycles. The normalized spacial score (nSPS) is 11.7. The topological polar surface area (TPSA) is 97.1 Å². The number of halogens is 2. The third kappa shape index (κ3) is 6.99. The van der Waals surface area contributed by atoms with Crippen LogP contribution in [0.3, 0.4) is 0 Å². The van der Waals surface area contributed by atoms with E-state index in [1.54, 1.807) is 36.4 Å². The number of benzene rings is 3. The fraction of sp³-hybridized carbons (Fsp3) is 0.214. The van der Waals surface area contributed by atoms with E-state index in [-0.39, 0.29) is 42.1 Å². The van der Waals surface area contributed by atoms with Crippen LogP contribution in [0.5, 0.6) is 0 Å². The van der Waals surface area contributed by atoms with E-state index in [4.69, 9.17) is 9.15 Å². The van der Waals surface area contributed by atoms with Crippen LogP contribution in [-0.2, 0) is 32.6 Å². The lowest BCUT2D eigenvalue weighted by atomic mass is 10.1. The molecule has 11 heteroatoms. The molecule has 0 unspecified atom stereocenters. The first-order valence-corrected chi connectivity index (χ1v) is 14.2. The zero-order valence-corrected chi connectivity index (χ0v) is 23.5. The standard InChI is InChI=1S/C28H26BrFN2O6S/c1-37-15-14-32(39(35,36)24-12-8-22(29)9-13-24)18-27(33)31(16-20-6-10-23(30)11-7-20)17-21-19-38-26-5-3-2-4-25(26)28(21)34/h2-13,19H,14-18H2,1H3. The number of sulfonamides is 1. The summed E-state index contributed by atoms with van der Waals surface area (Å²) in [5, 5.41) is 0.365. The lowest BCUT2D eigenvalue weighted by Crippen LogP contribution is -2.44. The minimum absolute atomic E-state index is 0.0157. The highest BCUT2D eigenvalue weighted by Crippen LogP contribution is 2.20. The minimum Gasteiger partial charge on any atom is -0.464 e. The monoisotopic (exact) mass is 616 g/mol. The third-order valence-corrected chi connectivity index (χ3v) is 8.45. The van der Waals surface area contributed by atoms with Crippen LogP contribution in [0.25, 0.3) is 11.0 Å². The number of carbonyl (C=O) groups excluding carboxylic acids is 1. The Morgan fingerprint density at radius 3 is 2.38 bits per heavy atom. The highest BCUT2D eigenvalue weighted by molar-refractivity contribution is 9.10. The molecule has 0 bridgehead atoms. The Labute approximate surface area is 233 Å². The summed E-state index contributed by atoms with van der Waals surface area (Å²) in [6.07, 6.45) is 1.30. The highest BCUT2D eigenvalue weighted by Gasteiger charge is 2.29. The molecule has 39 heavy (non-hydrogen) atoms. The van der Waals surface area contributed by atoms with Crippen molar-refractivity contribution in [1.29, 1.82) is 0 Å². The fourth-order valence-corrected chi connectivity index (χ4v) is 5.60. The van der Waals surface area contributed by atoms with Crippen molar-refractivity contribution >= 4 is 42.8 Å². The Hall–Kier alpha value is -3.38. The largest absolute Gasteiger partial charge is 0.464 e. The van der Waals surface area contributed by atoms with E-state index in [0.29, 0.717) is 21.0 Å². The Balaban J connectivity index is 1.66. The van der Waals surface area contributed by atoms with Crippen LogP contribution >= 0.6 is 15.9 Å². The van der Waals surface area contributed by atoms with Gasteiger partial charge in [-0.2, -0.15) is 4.31 Å². The van der Waals surface area contributed by atoms with Crippen molar-refractivity contribution in [1.82, 2.24) is 9.21 Å². The van der Waals surface area contributed by atoms with Gasteiger partial charge in [0.25, 0.3) is 0 Å². The Kier molecular flexibility index (Phi) is 9.28. The van der Waals surface area contributed by atoms with Crippen molar-refractivity contribution in [2.24, 2.45) is 0 Å². The molecule has 3 aromatic carbocycles. The van der Waals surface area contributed by atoms with Crippen molar-refractivity contribution < 1.29 is 26.8 Å². The summed E-state index contributed by atoms with van der Waals surface area (Å²) >= 11 is 3.29. The van der Waals surface area contributed by atoms with E-state index < -0.39 is 28.3 Å². The molecular weight excluding hydrogens is 591 g/mol. The first kappa shape index (κ1) is 28.6.